The average molecular weight is 372 g/mol. The van der Waals surface area contributed by atoms with Gasteiger partial charge < -0.3 is 9.80 Å². The first-order chi connectivity index (χ1) is 13.8. The average Bonchev–Trinajstić information content (AvgIpc) is 3.30. The molecule has 5 nitrogen and oxygen atoms in total. The summed E-state index contributed by atoms with van der Waals surface area (Å²) >= 11 is 0. The molecule has 28 heavy (non-hydrogen) atoms. The SMILES string of the molecule is CCN(C(=O)c1cc(N2CCCC2)nc(-c2ccccc2)n1)c1ccccc1. The summed E-state index contributed by atoms with van der Waals surface area (Å²) in [6.45, 7) is 4.49. The highest BCUT2D eigenvalue weighted by atomic mass is 16.2. The summed E-state index contributed by atoms with van der Waals surface area (Å²) in [6.07, 6.45) is 2.30. The van der Waals surface area contributed by atoms with Crippen LogP contribution >= 0.6 is 0 Å². The monoisotopic (exact) mass is 372 g/mol. The lowest BCUT2D eigenvalue weighted by Crippen LogP contribution is -2.32. The number of para-hydroxylation sites is 1. The standard InChI is InChI=1S/C23H24N4O/c1-2-27(19-13-7-4-8-14-19)23(28)20-17-21(26-15-9-10-16-26)25-22(24-20)18-11-5-3-6-12-18/h3-8,11-14,17H,2,9-10,15-16H2,1H3. The Morgan fingerprint density at radius 2 is 1.61 bits per heavy atom. The van der Waals surface area contributed by atoms with Gasteiger partial charge in [-0.15, -0.1) is 0 Å². The second-order valence-electron chi connectivity index (χ2n) is 6.88. The van der Waals surface area contributed by atoms with Crippen LogP contribution in [0.1, 0.15) is 30.3 Å². The molecule has 1 aliphatic rings. The molecule has 0 aliphatic carbocycles. The van der Waals surface area contributed by atoms with Gasteiger partial charge in [0.05, 0.1) is 0 Å². The zero-order valence-corrected chi connectivity index (χ0v) is 16.1. The Hall–Kier alpha value is -3.21. The van der Waals surface area contributed by atoms with Crippen LogP contribution in [0.25, 0.3) is 11.4 Å². The van der Waals surface area contributed by atoms with Gasteiger partial charge in [0, 0.05) is 37.0 Å². The molecule has 2 aromatic carbocycles. The number of hydrogen-bond acceptors (Lipinski definition) is 4. The molecule has 0 radical (unpaired) electrons. The number of benzene rings is 2. The van der Waals surface area contributed by atoms with Crippen molar-refractivity contribution >= 4 is 17.4 Å². The molecule has 0 N–H and O–H groups in total. The second kappa shape index (κ2) is 8.21. The molecule has 0 bridgehead atoms. The Labute approximate surface area is 165 Å². The van der Waals surface area contributed by atoms with Crippen LogP contribution in [-0.4, -0.2) is 35.5 Å². The van der Waals surface area contributed by atoms with Crippen molar-refractivity contribution in [3.05, 3.63) is 72.4 Å². The maximum Gasteiger partial charge on any atom is 0.277 e. The Bertz CT molecular complexity index is 937. The normalized spacial score (nSPS) is 13.5. The van der Waals surface area contributed by atoms with Gasteiger partial charge in [0.15, 0.2) is 5.82 Å². The predicted octanol–water partition coefficient (Wildman–Crippen LogP) is 4.41. The second-order valence-corrected chi connectivity index (χ2v) is 6.88. The number of hydrogen-bond donors (Lipinski definition) is 0. The van der Waals surface area contributed by atoms with E-state index in [-0.39, 0.29) is 5.91 Å². The first-order valence-corrected chi connectivity index (χ1v) is 9.82. The van der Waals surface area contributed by atoms with E-state index in [2.05, 4.69) is 9.88 Å². The first-order valence-electron chi connectivity index (χ1n) is 9.82. The fraction of sp³-hybridized carbons (Fsp3) is 0.261. The molecule has 0 unspecified atom stereocenters. The van der Waals surface area contributed by atoms with Gasteiger partial charge in [-0.05, 0) is 31.9 Å². The lowest BCUT2D eigenvalue weighted by Gasteiger charge is -2.22. The third-order valence-electron chi connectivity index (χ3n) is 5.02. The number of amides is 1. The maximum absolute atomic E-state index is 13.3. The van der Waals surface area contributed by atoms with Crippen LogP contribution in [0.2, 0.25) is 0 Å². The van der Waals surface area contributed by atoms with Gasteiger partial charge in [-0.25, -0.2) is 9.97 Å². The van der Waals surface area contributed by atoms with Crippen LogP contribution < -0.4 is 9.80 Å². The fourth-order valence-electron chi connectivity index (χ4n) is 3.56. The van der Waals surface area contributed by atoms with Gasteiger partial charge >= 0.3 is 0 Å². The van der Waals surface area contributed by atoms with E-state index in [1.807, 2.05) is 73.7 Å². The lowest BCUT2D eigenvalue weighted by atomic mass is 10.2. The van der Waals surface area contributed by atoms with E-state index >= 15 is 0 Å². The molecule has 5 heteroatoms. The third kappa shape index (κ3) is 3.74. The molecule has 2 heterocycles. The minimum atomic E-state index is -0.103. The molecule has 1 saturated heterocycles. The number of carbonyl (C=O) groups is 1. The molecule has 142 valence electrons. The molecule has 3 aromatic rings. The summed E-state index contributed by atoms with van der Waals surface area (Å²) in [6, 6.07) is 21.4. The Morgan fingerprint density at radius 3 is 2.25 bits per heavy atom. The van der Waals surface area contributed by atoms with Crippen LogP contribution in [-0.2, 0) is 0 Å². The minimum absolute atomic E-state index is 0.103. The van der Waals surface area contributed by atoms with Crippen LogP contribution in [0.15, 0.2) is 66.7 Å². The number of rotatable bonds is 5. The number of carbonyl (C=O) groups excluding carboxylic acids is 1. The maximum atomic E-state index is 13.3. The van der Waals surface area contributed by atoms with Crippen molar-refractivity contribution in [2.45, 2.75) is 19.8 Å². The van der Waals surface area contributed by atoms with Crippen LogP contribution in [0.3, 0.4) is 0 Å². The summed E-state index contributed by atoms with van der Waals surface area (Å²) in [5, 5.41) is 0. The van der Waals surface area contributed by atoms with Crippen molar-refractivity contribution < 1.29 is 4.79 Å². The highest BCUT2D eigenvalue weighted by Gasteiger charge is 2.22. The van der Waals surface area contributed by atoms with E-state index in [4.69, 9.17) is 4.98 Å². The fourth-order valence-corrected chi connectivity index (χ4v) is 3.56. The van der Waals surface area contributed by atoms with Gasteiger partial charge in [-0.3, -0.25) is 4.79 Å². The Balaban J connectivity index is 1.76. The molecule has 1 aliphatic heterocycles. The zero-order valence-electron chi connectivity index (χ0n) is 16.1. The molecule has 4 rings (SSSR count). The van der Waals surface area contributed by atoms with E-state index in [0.29, 0.717) is 18.1 Å². The van der Waals surface area contributed by atoms with Crippen molar-refractivity contribution in [2.75, 3.05) is 29.4 Å². The highest BCUT2D eigenvalue weighted by molar-refractivity contribution is 6.05. The van der Waals surface area contributed by atoms with Gasteiger partial charge in [0.25, 0.3) is 5.91 Å². The summed E-state index contributed by atoms with van der Waals surface area (Å²) in [7, 11) is 0. The zero-order chi connectivity index (χ0) is 19.3. The topological polar surface area (TPSA) is 49.3 Å². The molecular weight excluding hydrogens is 348 g/mol. The van der Waals surface area contributed by atoms with Crippen molar-refractivity contribution in [2.24, 2.45) is 0 Å². The highest BCUT2D eigenvalue weighted by Crippen LogP contribution is 2.25. The van der Waals surface area contributed by atoms with Crippen molar-refractivity contribution in [1.82, 2.24) is 9.97 Å². The largest absolute Gasteiger partial charge is 0.356 e. The minimum Gasteiger partial charge on any atom is -0.356 e. The first kappa shape index (κ1) is 18.2. The summed E-state index contributed by atoms with van der Waals surface area (Å²) in [5.74, 6) is 1.32. The van der Waals surface area contributed by atoms with Crippen LogP contribution in [0.4, 0.5) is 11.5 Å². The van der Waals surface area contributed by atoms with Crippen molar-refractivity contribution in [3.63, 3.8) is 0 Å². The smallest absolute Gasteiger partial charge is 0.277 e. The summed E-state index contributed by atoms with van der Waals surface area (Å²) in [4.78, 5) is 26.7. The molecule has 1 fully saturated rings. The van der Waals surface area contributed by atoms with E-state index < -0.39 is 0 Å². The molecule has 0 spiro atoms. The quantitative estimate of drug-likeness (QED) is 0.666. The number of anilines is 2. The molecule has 0 saturated carbocycles. The summed E-state index contributed by atoms with van der Waals surface area (Å²) < 4.78 is 0. The predicted molar refractivity (Wildman–Crippen MR) is 113 cm³/mol. The lowest BCUT2D eigenvalue weighted by molar-refractivity contribution is 0.0983. The van der Waals surface area contributed by atoms with Gasteiger partial charge in [0.2, 0.25) is 0 Å². The molecule has 1 aromatic heterocycles. The van der Waals surface area contributed by atoms with Gasteiger partial charge in [-0.2, -0.15) is 0 Å². The Kier molecular flexibility index (Phi) is 5.33. The van der Waals surface area contributed by atoms with E-state index in [1.165, 1.54) is 0 Å². The van der Waals surface area contributed by atoms with Gasteiger partial charge in [-0.1, -0.05) is 48.5 Å². The Morgan fingerprint density at radius 1 is 0.964 bits per heavy atom. The third-order valence-corrected chi connectivity index (χ3v) is 5.02. The number of aromatic nitrogens is 2. The van der Waals surface area contributed by atoms with E-state index in [0.717, 1.165) is 43.0 Å². The summed E-state index contributed by atoms with van der Waals surface area (Å²) in [5.41, 5.74) is 2.22. The molecule has 1 amide bonds. The molecule has 0 atom stereocenters. The van der Waals surface area contributed by atoms with E-state index in [9.17, 15) is 4.79 Å². The van der Waals surface area contributed by atoms with Gasteiger partial charge in [0.1, 0.15) is 11.5 Å². The number of nitrogens with zero attached hydrogens (tertiary/aromatic N) is 4. The van der Waals surface area contributed by atoms with E-state index in [1.54, 1.807) is 4.90 Å². The van der Waals surface area contributed by atoms with Crippen molar-refractivity contribution in [1.29, 1.82) is 0 Å². The van der Waals surface area contributed by atoms with Crippen LogP contribution in [0.5, 0.6) is 0 Å². The molecular formula is C23H24N4O. The van der Waals surface area contributed by atoms with Crippen molar-refractivity contribution in [3.8, 4) is 11.4 Å². The van der Waals surface area contributed by atoms with Crippen LogP contribution in [0, 0.1) is 0 Å².